The summed E-state index contributed by atoms with van der Waals surface area (Å²) in [5.41, 5.74) is 2.39. The first-order chi connectivity index (χ1) is 10.3. The van der Waals surface area contributed by atoms with E-state index in [0.717, 1.165) is 33.0 Å². The van der Waals surface area contributed by atoms with Gasteiger partial charge >= 0.3 is 5.54 Å². The number of nitrogens with zero attached hydrogens (tertiary/aromatic N) is 2. The lowest BCUT2D eigenvalue weighted by atomic mass is 9.89. The molecule has 1 aliphatic rings. The lowest BCUT2D eigenvalue weighted by Crippen LogP contribution is -2.17. The molecule has 0 fully saturated rings. The van der Waals surface area contributed by atoms with Crippen LogP contribution in [0.25, 0.3) is 26.7 Å². The molecule has 1 atom stereocenters. The van der Waals surface area contributed by atoms with Crippen LogP contribution in [0.1, 0.15) is 11.1 Å². The maximum atomic E-state index is 9.72. The first kappa shape index (κ1) is 11.7. The molecule has 0 spiro atoms. The van der Waals surface area contributed by atoms with Gasteiger partial charge in [-0.2, -0.15) is 5.26 Å². The Balaban J connectivity index is 2.20. The van der Waals surface area contributed by atoms with Gasteiger partial charge < -0.3 is 0 Å². The highest BCUT2D eigenvalue weighted by Crippen LogP contribution is 2.50. The first-order valence-corrected chi connectivity index (χ1v) is 6.73. The molecule has 2 heteroatoms. The van der Waals surface area contributed by atoms with Gasteiger partial charge in [-0.3, -0.25) is 4.85 Å². The van der Waals surface area contributed by atoms with E-state index in [9.17, 15) is 5.26 Å². The monoisotopic (exact) mass is 266 g/mol. The fourth-order valence-electron chi connectivity index (χ4n) is 3.21. The molecule has 21 heavy (non-hydrogen) atoms. The number of fused-ring (bicyclic) bond motifs is 4. The van der Waals surface area contributed by atoms with Gasteiger partial charge in [0.05, 0.1) is 11.1 Å². The zero-order valence-electron chi connectivity index (χ0n) is 11.2. The Morgan fingerprint density at radius 2 is 1.52 bits per heavy atom. The first-order valence-electron chi connectivity index (χ1n) is 6.73. The minimum Gasteiger partial charge on any atom is -0.283 e. The predicted molar refractivity (Wildman–Crippen MR) is 82.4 cm³/mol. The van der Waals surface area contributed by atoms with E-state index in [1.54, 1.807) is 0 Å². The lowest BCUT2D eigenvalue weighted by molar-refractivity contribution is 0.856. The zero-order valence-corrected chi connectivity index (χ0v) is 11.2. The fourth-order valence-corrected chi connectivity index (χ4v) is 3.21. The molecule has 4 rings (SSSR count). The van der Waals surface area contributed by atoms with Crippen LogP contribution in [0.3, 0.4) is 0 Å². The number of nitriles is 1. The van der Waals surface area contributed by atoms with Crippen LogP contribution in [0.15, 0.2) is 60.7 Å². The quantitative estimate of drug-likeness (QED) is 0.550. The predicted octanol–water partition coefficient (Wildman–Crippen LogP) is 4.51. The molecule has 0 bridgehead atoms. The van der Waals surface area contributed by atoms with Crippen LogP contribution >= 0.6 is 0 Å². The molecule has 0 aliphatic heterocycles. The smallest absolute Gasteiger partial charge is 0.283 e. The van der Waals surface area contributed by atoms with Crippen LogP contribution < -0.4 is 0 Å². The van der Waals surface area contributed by atoms with E-state index in [1.165, 1.54) is 0 Å². The van der Waals surface area contributed by atoms with Gasteiger partial charge in [0.25, 0.3) is 0 Å². The largest absolute Gasteiger partial charge is 0.367 e. The summed E-state index contributed by atoms with van der Waals surface area (Å²) < 4.78 is 0. The molecule has 0 aromatic heterocycles. The van der Waals surface area contributed by atoms with E-state index in [0.29, 0.717) is 0 Å². The summed E-state index contributed by atoms with van der Waals surface area (Å²) in [4.78, 5) is 3.72. The fraction of sp³-hybridized carbons (Fsp3) is 0.0526. The lowest BCUT2D eigenvalue weighted by Gasteiger charge is -2.10. The van der Waals surface area contributed by atoms with Crippen LogP contribution in [0.5, 0.6) is 0 Å². The molecule has 0 saturated carbocycles. The summed E-state index contributed by atoms with van der Waals surface area (Å²) in [6.45, 7) is 7.62. The maximum absolute atomic E-state index is 9.72. The Hall–Kier alpha value is -3.10. The van der Waals surface area contributed by atoms with Gasteiger partial charge in [0.15, 0.2) is 6.07 Å². The number of rotatable bonds is 0. The Morgan fingerprint density at radius 3 is 2.24 bits per heavy atom. The number of hydrogen-bond donors (Lipinski definition) is 0. The van der Waals surface area contributed by atoms with Crippen LogP contribution in [-0.2, 0) is 5.54 Å². The van der Waals surface area contributed by atoms with Gasteiger partial charge in [0, 0.05) is 0 Å². The van der Waals surface area contributed by atoms with Gasteiger partial charge in [0.1, 0.15) is 0 Å². The topological polar surface area (TPSA) is 28.1 Å². The van der Waals surface area contributed by atoms with E-state index in [-0.39, 0.29) is 0 Å². The second-order valence-corrected chi connectivity index (χ2v) is 5.22. The molecule has 0 heterocycles. The van der Waals surface area contributed by atoms with E-state index < -0.39 is 5.54 Å². The molecular formula is C19H10N2. The number of benzene rings is 3. The van der Waals surface area contributed by atoms with Crippen LogP contribution in [0, 0.1) is 17.9 Å². The summed E-state index contributed by atoms with van der Waals surface area (Å²) >= 11 is 0. The van der Waals surface area contributed by atoms with Crippen molar-refractivity contribution in [3.63, 3.8) is 0 Å². The summed E-state index contributed by atoms with van der Waals surface area (Å²) in [6.07, 6.45) is 0. The molecule has 0 radical (unpaired) electrons. The van der Waals surface area contributed by atoms with Crippen molar-refractivity contribution in [2.24, 2.45) is 0 Å². The van der Waals surface area contributed by atoms with E-state index in [1.807, 2.05) is 48.5 Å². The Morgan fingerprint density at radius 1 is 0.857 bits per heavy atom. The minimum absolute atomic E-state index is 0.799. The average molecular weight is 266 g/mol. The summed E-state index contributed by atoms with van der Waals surface area (Å²) in [5.74, 6) is 0. The molecule has 1 aliphatic carbocycles. The van der Waals surface area contributed by atoms with Crippen molar-refractivity contribution in [3.8, 4) is 17.2 Å². The van der Waals surface area contributed by atoms with Gasteiger partial charge in [-0.15, -0.1) is 0 Å². The average Bonchev–Trinajstić information content (AvgIpc) is 2.83. The van der Waals surface area contributed by atoms with Crippen LogP contribution in [-0.4, -0.2) is 0 Å². The maximum Gasteiger partial charge on any atom is 0.367 e. The van der Waals surface area contributed by atoms with E-state index in [2.05, 4.69) is 23.0 Å². The van der Waals surface area contributed by atoms with Crippen LogP contribution in [0.4, 0.5) is 0 Å². The van der Waals surface area contributed by atoms with Crippen molar-refractivity contribution in [1.29, 1.82) is 5.26 Å². The van der Waals surface area contributed by atoms with Crippen molar-refractivity contribution < 1.29 is 0 Å². The van der Waals surface area contributed by atoms with Crippen LogP contribution in [0.2, 0.25) is 0 Å². The van der Waals surface area contributed by atoms with Crippen molar-refractivity contribution in [2.75, 3.05) is 0 Å². The highest BCUT2D eigenvalue weighted by molar-refractivity contribution is 5.94. The summed E-state index contributed by atoms with van der Waals surface area (Å²) in [6, 6.07) is 22.1. The van der Waals surface area contributed by atoms with Gasteiger partial charge in [0.2, 0.25) is 0 Å². The van der Waals surface area contributed by atoms with Gasteiger partial charge in [-0.25, -0.2) is 6.57 Å². The third-order valence-corrected chi connectivity index (χ3v) is 4.21. The highest BCUT2D eigenvalue weighted by atomic mass is 14.8. The molecule has 3 aromatic carbocycles. The molecule has 0 N–H and O–H groups in total. The summed E-state index contributed by atoms with van der Waals surface area (Å²) in [5, 5.41) is 11.9. The molecule has 96 valence electrons. The van der Waals surface area contributed by atoms with Gasteiger partial charge in [-0.1, -0.05) is 42.5 Å². The van der Waals surface area contributed by atoms with E-state index in [4.69, 9.17) is 6.57 Å². The molecular weight excluding hydrogens is 256 g/mol. The Kier molecular flexibility index (Phi) is 2.20. The Labute approximate surface area is 122 Å². The molecule has 0 amide bonds. The Bertz CT molecular complexity index is 957. The number of hydrogen-bond acceptors (Lipinski definition) is 1. The normalized spacial score (nSPS) is 18.6. The second-order valence-electron chi connectivity index (χ2n) is 5.22. The molecule has 2 nitrogen and oxygen atoms in total. The van der Waals surface area contributed by atoms with E-state index >= 15 is 0 Å². The van der Waals surface area contributed by atoms with Crippen molar-refractivity contribution in [3.05, 3.63) is 83.2 Å². The zero-order chi connectivity index (χ0) is 14.4. The third-order valence-electron chi connectivity index (χ3n) is 4.21. The van der Waals surface area contributed by atoms with Crippen molar-refractivity contribution in [1.82, 2.24) is 0 Å². The molecule has 0 saturated heterocycles. The highest BCUT2D eigenvalue weighted by Gasteiger charge is 2.50. The summed E-state index contributed by atoms with van der Waals surface area (Å²) in [7, 11) is 0. The molecule has 3 aromatic rings. The third kappa shape index (κ3) is 1.34. The second kappa shape index (κ2) is 3.95. The SMILES string of the molecule is [C-]#[N+]C1(C#N)c2ccccc2-c2cc3ccccc3cc21. The standard InChI is InChI=1S/C19H10N2/c1-21-19(12-20)17-9-5-4-8-15(17)16-10-13-6-2-3-7-14(13)11-18(16)19/h2-11H. The van der Waals surface area contributed by atoms with Crippen molar-refractivity contribution >= 4 is 10.8 Å². The molecule has 1 unspecified atom stereocenters. The van der Waals surface area contributed by atoms with Gasteiger partial charge in [-0.05, 0) is 40.1 Å². The minimum atomic E-state index is -1.21. The van der Waals surface area contributed by atoms with Crippen molar-refractivity contribution in [2.45, 2.75) is 5.54 Å².